The topological polar surface area (TPSA) is 194 Å². The molecule has 2 aliphatic heterocycles. The van der Waals surface area contributed by atoms with Gasteiger partial charge in [0.1, 0.15) is 24.9 Å². The summed E-state index contributed by atoms with van der Waals surface area (Å²) >= 11 is 0. The van der Waals surface area contributed by atoms with Gasteiger partial charge in [-0.25, -0.2) is 9.59 Å². The molecule has 14 heteroatoms. The summed E-state index contributed by atoms with van der Waals surface area (Å²) in [4.78, 5) is 55.4. The van der Waals surface area contributed by atoms with Gasteiger partial charge in [0.15, 0.2) is 23.5 Å². The first kappa shape index (κ1) is 48.4. The average Bonchev–Trinajstić information content (AvgIpc) is 3.55. The van der Waals surface area contributed by atoms with Gasteiger partial charge < -0.3 is 48.5 Å². The van der Waals surface area contributed by atoms with E-state index in [-0.39, 0.29) is 31.5 Å². The molecule has 4 fully saturated rings. The van der Waals surface area contributed by atoms with Crippen molar-refractivity contribution in [2.45, 2.75) is 188 Å². The fourth-order valence-corrected chi connectivity index (χ4v) is 12.0. The van der Waals surface area contributed by atoms with E-state index in [2.05, 4.69) is 6.92 Å². The number of unbranched alkanes of at least 4 members (excludes halogenated alkanes) is 7. The average molecular weight is 851 g/mol. The maximum atomic E-state index is 14.1. The number of hydrogen-bond donors (Lipinski definition) is 3. The van der Waals surface area contributed by atoms with Gasteiger partial charge in [-0.1, -0.05) is 106 Å². The van der Waals surface area contributed by atoms with E-state index in [9.17, 15) is 34.5 Å². The number of esters is 2. The van der Waals surface area contributed by atoms with Crippen molar-refractivity contribution in [3.63, 3.8) is 0 Å². The Bertz CT molecular complexity index is 1590. The lowest BCUT2D eigenvalue weighted by molar-refractivity contribution is -0.395. The molecule has 0 amide bonds. The SMILES string of the molecule is CCCCCCCCCCC1(C)OCC(COC(=O)O[C@@H]2C(=O)C=C(C)[C@@H]3C[C@H]4OC(=O)[C@H](OC(=O)CC(O)(C(C)C)C(C)C)[C@H]5[C@H](C)[C@@H](O)[C@](O)(OC)[C@@H]([C@]54C)[C@@]23C)O1. The zero-order valence-corrected chi connectivity index (χ0v) is 38.0. The number of methoxy groups -OCH3 is 1. The number of carbonyl (C=O) groups excluding carboxylic acids is 4. The van der Waals surface area contributed by atoms with Crippen molar-refractivity contribution in [3.8, 4) is 0 Å². The Balaban J connectivity index is 1.37. The van der Waals surface area contributed by atoms with E-state index in [1.165, 1.54) is 45.3 Å². The van der Waals surface area contributed by atoms with E-state index in [1.807, 2.05) is 6.92 Å². The molecule has 0 bridgehead atoms. The van der Waals surface area contributed by atoms with Crippen molar-refractivity contribution in [2.24, 2.45) is 46.3 Å². The Morgan fingerprint density at radius 3 is 2.18 bits per heavy atom. The lowest BCUT2D eigenvalue weighted by Gasteiger charge is -2.71. The monoisotopic (exact) mass is 851 g/mol. The molecule has 2 saturated heterocycles. The van der Waals surface area contributed by atoms with Crippen molar-refractivity contribution in [1.29, 1.82) is 0 Å². The van der Waals surface area contributed by atoms with Crippen LogP contribution in [0.5, 0.6) is 0 Å². The number of allylic oxidation sites excluding steroid dienone is 1. The normalized spacial score (nSPS) is 38.9. The second-order valence-corrected chi connectivity index (χ2v) is 19.8. The number of fused-ring (bicyclic) bond motifs is 2. The minimum atomic E-state index is -2.36. The number of ketones is 1. The summed E-state index contributed by atoms with van der Waals surface area (Å²) < 4.78 is 41.7. The fourth-order valence-electron chi connectivity index (χ4n) is 12.0. The second-order valence-electron chi connectivity index (χ2n) is 19.8. The van der Waals surface area contributed by atoms with Gasteiger partial charge in [-0.05, 0) is 56.4 Å². The van der Waals surface area contributed by atoms with E-state index >= 15 is 0 Å². The summed E-state index contributed by atoms with van der Waals surface area (Å²) in [6.45, 7) is 18.2. The van der Waals surface area contributed by atoms with Crippen LogP contribution < -0.4 is 0 Å². The van der Waals surface area contributed by atoms with Crippen LogP contribution in [0, 0.1) is 46.3 Å². The Labute approximate surface area is 356 Å². The highest BCUT2D eigenvalue weighted by molar-refractivity contribution is 5.97. The highest BCUT2D eigenvalue weighted by atomic mass is 16.8. The van der Waals surface area contributed by atoms with Gasteiger partial charge in [-0.3, -0.25) is 9.59 Å². The molecule has 2 saturated carbocycles. The zero-order valence-electron chi connectivity index (χ0n) is 38.0. The van der Waals surface area contributed by atoms with Crippen molar-refractivity contribution >= 4 is 23.9 Å². The number of carbonyl (C=O) groups is 4. The molecule has 13 atom stereocenters. The number of hydrogen-bond acceptors (Lipinski definition) is 14. The third-order valence-electron chi connectivity index (χ3n) is 15.4. The maximum absolute atomic E-state index is 14.1. The fraction of sp³-hybridized carbons (Fsp3) is 0.870. The molecule has 60 heavy (non-hydrogen) atoms. The Hall–Kier alpha value is -2.62. The van der Waals surface area contributed by atoms with Crippen molar-refractivity contribution in [2.75, 3.05) is 20.3 Å². The quantitative estimate of drug-likeness (QED) is 0.0580. The molecule has 2 unspecified atom stereocenters. The van der Waals surface area contributed by atoms with E-state index in [1.54, 1.807) is 55.4 Å². The molecule has 342 valence electrons. The summed E-state index contributed by atoms with van der Waals surface area (Å²) in [6.07, 6.45) is 4.00. The van der Waals surface area contributed by atoms with Crippen LogP contribution in [0.4, 0.5) is 4.79 Å². The molecule has 0 aromatic carbocycles. The highest BCUT2D eigenvalue weighted by Gasteiger charge is 2.79. The van der Waals surface area contributed by atoms with Crippen LogP contribution in [0.3, 0.4) is 0 Å². The number of rotatable bonds is 18. The van der Waals surface area contributed by atoms with Gasteiger partial charge >= 0.3 is 18.1 Å². The van der Waals surface area contributed by atoms with Crippen LogP contribution in [-0.4, -0.2) is 107 Å². The van der Waals surface area contributed by atoms with Gasteiger partial charge in [0.2, 0.25) is 6.10 Å². The van der Waals surface area contributed by atoms with Crippen LogP contribution in [0.15, 0.2) is 11.6 Å². The van der Waals surface area contributed by atoms with Gasteiger partial charge in [-0.15, -0.1) is 0 Å². The maximum Gasteiger partial charge on any atom is 0.509 e. The predicted molar refractivity (Wildman–Crippen MR) is 219 cm³/mol. The molecule has 0 radical (unpaired) electrons. The van der Waals surface area contributed by atoms with Crippen molar-refractivity contribution in [3.05, 3.63) is 11.6 Å². The minimum Gasteiger partial charge on any atom is -0.459 e. The molecule has 5 aliphatic rings. The van der Waals surface area contributed by atoms with Gasteiger partial charge in [-0.2, -0.15) is 0 Å². The predicted octanol–water partition coefficient (Wildman–Crippen LogP) is 6.58. The Morgan fingerprint density at radius 1 is 0.967 bits per heavy atom. The van der Waals surface area contributed by atoms with E-state index in [4.69, 9.17) is 33.2 Å². The van der Waals surface area contributed by atoms with Crippen LogP contribution >= 0.6 is 0 Å². The first-order valence-electron chi connectivity index (χ1n) is 22.5. The largest absolute Gasteiger partial charge is 0.509 e. The first-order chi connectivity index (χ1) is 28.0. The molecule has 2 heterocycles. The molecule has 5 rings (SSSR count). The third kappa shape index (κ3) is 8.81. The lowest BCUT2D eigenvalue weighted by atomic mass is 9.37. The molecule has 0 spiro atoms. The molecular weight excluding hydrogens is 776 g/mol. The summed E-state index contributed by atoms with van der Waals surface area (Å²) in [6, 6.07) is 0. The van der Waals surface area contributed by atoms with Crippen LogP contribution in [-0.2, 0) is 47.5 Å². The van der Waals surface area contributed by atoms with E-state index in [0.717, 1.165) is 19.3 Å². The van der Waals surface area contributed by atoms with E-state index in [0.29, 0.717) is 12.0 Å². The third-order valence-corrected chi connectivity index (χ3v) is 15.4. The highest BCUT2D eigenvalue weighted by Crippen LogP contribution is 2.71. The molecule has 0 aromatic rings. The summed E-state index contributed by atoms with van der Waals surface area (Å²) in [5, 5.41) is 36.1. The standard InChI is InChI=1S/C46H74O14/c1-12-13-14-15-16-17-18-19-20-42(8)56-25-30(60-42)24-55-41(51)59-38-32(47)21-28(6)31-22-33-44(10)35(29(7)37(49)46(53,54-11)40(44)43(31,38)9)36(39(50)57-33)58-34(48)23-45(52,26(2)3)27(4)5/h21,26-27,29-31,33,35-38,40,49,52-53H,12-20,22-25H2,1-11H3/t29-,30?,31-,33+,35+,36+,37+,38+,40+,42?,43+,44-,46-/m0/s1. The molecule has 0 aromatic heterocycles. The van der Waals surface area contributed by atoms with Gasteiger partial charge in [0.25, 0.3) is 0 Å². The van der Waals surface area contributed by atoms with Gasteiger partial charge in [0.05, 0.1) is 18.6 Å². The summed E-state index contributed by atoms with van der Waals surface area (Å²) in [5.74, 6) is -9.70. The smallest absolute Gasteiger partial charge is 0.459 e. The molecule has 3 N–H and O–H groups in total. The number of aliphatic hydroxyl groups excluding tert-OH is 1. The summed E-state index contributed by atoms with van der Waals surface area (Å²) in [5.41, 5.74) is -3.61. The van der Waals surface area contributed by atoms with Crippen LogP contribution in [0.25, 0.3) is 0 Å². The van der Waals surface area contributed by atoms with Crippen molar-refractivity contribution < 1.29 is 67.7 Å². The second kappa shape index (κ2) is 18.6. The summed E-state index contributed by atoms with van der Waals surface area (Å²) in [7, 11) is 1.25. The zero-order chi connectivity index (χ0) is 44.6. The lowest BCUT2D eigenvalue weighted by Crippen LogP contribution is -2.80. The number of aliphatic hydroxyl groups is 3. The Kier molecular flexibility index (Phi) is 15.0. The van der Waals surface area contributed by atoms with Crippen molar-refractivity contribution in [1.82, 2.24) is 0 Å². The van der Waals surface area contributed by atoms with Gasteiger partial charge in [0, 0.05) is 36.2 Å². The first-order valence-corrected chi connectivity index (χ1v) is 22.5. The van der Waals surface area contributed by atoms with Crippen LogP contribution in [0.2, 0.25) is 0 Å². The molecule has 14 nitrogen and oxygen atoms in total. The minimum absolute atomic E-state index is 0.171. The molecule has 3 aliphatic carbocycles. The van der Waals surface area contributed by atoms with E-state index < -0.39 is 112 Å². The Morgan fingerprint density at radius 2 is 1.58 bits per heavy atom. The number of ether oxygens (including phenoxy) is 7. The van der Waals surface area contributed by atoms with Crippen LogP contribution in [0.1, 0.15) is 140 Å². The molecular formula is C46H74O14.